The highest BCUT2D eigenvalue weighted by Crippen LogP contribution is 2.36. The van der Waals surface area contributed by atoms with Crippen LogP contribution in [0.3, 0.4) is 0 Å². The first-order chi connectivity index (χ1) is 10.4. The number of ether oxygens (including phenoxy) is 2. The van der Waals surface area contributed by atoms with E-state index in [1.807, 2.05) is 19.9 Å². The number of esters is 2. The lowest BCUT2D eigenvalue weighted by Crippen LogP contribution is -2.17. The van der Waals surface area contributed by atoms with Crippen LogP contribution in [-0.2, 0) is 25.5 Å². The van der Waals surface area contributed by atoms with Gasteiger partial charge in [0.1, 0.15) is 18.0 Å². The number of rotatable bonds is 1. The minimum absolute atomic E-state index is 0.332. The monoisotopic (exact) mass is 302 g/mol. The fraction of sp³-hybridized carbons (Fsp3) is 0.412. The third kappa shape index (κ3) is 2.71. The lowest BCUT2D eigenvalue weighted by atomic mass is 9.96. The SMILES string of the molecule is CC(=O)OC1C=C(C)Cc2occ(C)c2C2C=C(C1)C(=O)O2. The Labute approximate surface area is 128 Å². The van der Waals surface area contributed by atoms with E-state index in [9.17, 15) is 9.59 Å². The topological polar surface area (TPSA) is 65.7 Å². The van der Waals surface area contributed by atoms with Crippen molar-refractivity contribution in [1.82, 2.24) is 0 Å². The van der Waals surface area contributed by atoms with Gasteiger partial charge in [-0.1, -0.05) is 5.57 Å². The van der Waals surface area contributed by atoms with Crippen molar-refractivity contribution in [3.8, 4) is 0 Å². The zero-order chi connectivity index (χ0) is 15.9. The summed E-state index contributed by atoms with van der Waals surface area (Å²) < 4.78 is 16.4. The highest BCUT2D eigenvalue weighted by molar-refractivity contribution is 5.91. The molecular weight excluding hydrogens is 284 g/mol. The summed E-state index contributed by atoms with van der Waals surface area (Å²) in [6.45, 7) is 5.26. The van der Waals surface area contributed by atoms with Gasteiger partial charge in [-0.2, -0.15) is 0 Å². The molecule has 0 fully saturated rings. The van der Waals surface area contributed by atoms with Crippen LogP contribution in [0.25, 0.3) is 0 Å². The molecule has 1 aromatic heterocycles. The van der Waals surface area contributed by atoms with Crippen molar-refractivity contribution in [2.75, 3.05) is 0 Å². The normalized spacial score (nSPS) is 24.0. The van der Waals surface area contributed by atoms with Crippen molar-refractivity contribution < 1.29 is 23.5 Å². The molecule has 2 atom stereocenters. The van der Waals surface area contributed by atoms with Crippen molar-refractivity contribution >= 4 is 11.9 Å². The molecule has 0 radical (unpaired) electrons. The number of allylic oxidation sites excluding steroid dienone is 1. The van der Waals surface area contributed by atoms with Crippen molar-refractivity contribution in [3.63, 3.8) is 0 Å². The third-order valence-electron chi connectivity index (χ3n) is 3.88. The van der Waals surface area contributed by atoms with E-state index in [-0.39, 0.29) is 11.9 Å². The van der Waals surface area contributed by atoms with E-state index in [4.69, 9.17) is 13.9 Å². The van der Waals surface area contributed by atoms with Crippen molar-refractivity contribution in [3.05, 3.63) is 46.4 Å². The van der Waals surface area contributed by atoms with E-state index in [0.29, 0.717) is 18.4 Å². The minimum Gasteiger partial charge on any atom is -0.468 e. The molecule has 5 heteroatoms. The number of carbonyl (C=O) groups is 2. The molecule has 2 heterocycles. The first kappa shape index (κ1) is 14.6. The minimum atomic E-state index is -0.465. The van der Waals surface area contributed by atoms with Crippen LogP contribution in [0.5, 0.6) is 0 Å². The van der Waals surface area contributed by atoms with Gasteiger partial charge in [-0.15, -0.1) is 0 Å². The highest BCUT2D eigenvalue weighted by atomic mass is 16.6. The van der Waals surface area contributed by atoms with E-state index >= 15 is 0 Å². The first-order valence-electron chi connectivity index (χ1n) is 7.27. The number of carbonyl (C=O) groups excluding carboxylic acids is 2. The van der Waals surface area contributed by atoms with Crippen LogP contribution in [0.1, 0.15) is 43.3 Å². The predicted molar refractivity (Wildman–Crippen MR) is 78.0 cm³/mol. The van der Waals surface area contributed by atoms with Gasteiger partial charge >= 0.3 is 11.9 Å². The molecule has 2 unspecified atom stereocenters. The lowest BCUT2D eigenvalue weighted by molar-refractivity contribution is -0.145. The van der Waals surface area contributed by atoms with Crippen molar-refractivity contribution in [2.45, 2.75) is 45.8 Å². The maximum Gasteiger partial charge on any atom is 0.334 e. The summed E-state index contributed by atoms with van der Waals surface area (Å²) in [4.78, 5) is 23.3. The van der Waals surface area contributed by atoms with Gasteiger partial charge in [0.25, 0.3) is 0 Å². The number of fused-ring (bicyclic) bond motifs is 3. The summed E-state index contributed by atoms with van der Waals surface area (Å²) in [6, 6.07) is 0. The Hall–Kier alpha value is -2.30. The maximum atomic E-state index is 12.1. The van der Waals surface area contributed by atoms with E-state index in [0.717, 1.165) is 22.5 Å². The van der Waals surface area contributed by atoms with E-state index in [1.54, 1.807) is 12.3 Å². The van der Waals surface area contributed by atoms with Gasteiger partial charge < -0.3 is 13.9 Å². The summed E-state index contributed by atoms with van der Waals surface area (Å²) in [7, 11) is 0. The summed E-state index contributed by atoms with van der Waals surface area (Å²) >= 11 is 0. The molecule has 1 aliphatic carbocycles. The van der Waals surface area contributed by atoms with Crippen LogP contribution in [-0.4, -0.2) is 18.0 Å². The van der Waals surface area contributed by atoms with Gasteiger partial charge in [-0.3, -0.25) is 4.79 Å². The van der Waals surface area contributed by atoms with Crippen LogP contribution < -0.4 is 0 Å². The second-order valence-corrected chi connectivity index (χ2v) is 5.82. The Bertz CT molecular complexity index is 692. The maximum absolute atomic E-state index is 12.1. The van der Waals surface area contributed by atoms with E-state index < -0.39 is 12.2 Å². The Kier molecular flexibility index (Phi) is 3.64. The molecule has 2 aliphatic rings. The van der Waals surface area contributed by atoms with Crippen molar-refractivity contribution in [1.29, 1.82) is 0 Å². The molecule has 0 saturated heterocycles. The molecule has 0 N–H and O–H groups in total. The van der Waals surface area contributed by atoms with Gasteiger partial charge in [-0.25, -0.2) is 4.79 Å². The molecule has 1 aliphatic heterocycles. The van der Waals surface area contributed by atoms with Crippen molar-refractivity contribution in [2.24, 2.45) is 0 Å². The smallest absolute Gasteiger partial charge is 0.334 e. The highest BCUT2D eigenvalue weighted by Gasteiger charge is 2.33. The summed E-state index contributed by atoms with van der Waals surface area (Å²) in [5, 5.41) is 0. The van der Waals surface area contributed by atoms with Crippen LogP contribution in [0.2, 0.25) is 0 Å². The number of furan rings is 1. The third-order valence-corrected chi connectivity index (χ3v) is 3.88. The van der Waals surface area contributed by atoms with Gasteiger partial charge in [0.2, 0.25) is 0 Å². The molecule has 5 nitrogen and oxygen atoms in total. The Morgan fingerprint density at radius 3 is 2.82 bits per heavy atom. The van der Waals surface area contributed by atoms with Crippen LogP contribution in [0.15, 0.2) is 34.0 Å². The Balaban J connectivity index is 2.04. The molecule has 0 amide bonds. The second kappa shape index (κ2) is 5.48. The summed E-state index contributed by atoms with van der Waals surface area (Å²) in [6.07, 6.45) is 5.40. The largest absolute Gasteiger partial charge is 0.468 e. The predicted octanol–water partition coefficient (Wildman–Crippen LogP) is 2.94. The first-order valence-corrected chi connectivity index (χ1v) is 7.27. The molecule has 116 valence electrons. The number of aryl methyl sites for hydroxylation is 1. The molecule has 1 aromatic rings. The molecule has 0 aromatic carbocycles. The number of hydrogen-bond acceptors (Lipinski definition) is 5. The molecule has 22 heavy (non-hydrogen) atoms. The quantitative estimate of drug-likeness (QED) is 0.589. The summed E-state index contributed by atoms with van der Waals surface area (Å²) in [5.74, 6) is 0.0517. The zero-order valence-electron chi connectivity index (χ0n) is 12.8. The summed E-state index contributed by atoms with van der Waals surface area (Å²) in [5.41, 5.74) is 3.45. The second-order valence-electron chi connectivity index (χ2n) is 5.82. The zero-order valence-corrected chi connectivity index (χ0v) is 12.8. The van der Waals surface area contributed by atoms with E-state index in [1.165, 1.54) is 6.92 Å². The average Bonchev–Trinajstić information content (AvgIpc) is 2.92. The van der Waals surface area contributed by atoms with Crippen LogP contribution in [0, 0.1) is 6.92 Å². The van der Waals surface area contributed by atoms with Gasteiger partial charge in [0, 0.05) is 30.9 Å². The standard InChI is InChI=1S/C17H18O5/c1-9-4-13(21-11(3)18)6-12-7-15(22-17(12)19)16-10(2)8-20-14(16)5-9/h4,7-8,13,15H,5-6H2,1-3H3. The van der Waals surface area contributed by atoms with Crippen LogP contribution in [0.4, 0.5) is 0 Å². The Morgan fingerprint density at radius 2 is 2.09 bits per heavy atom. The molecule has 2 bridgehead atoms. The van der Waals surface area contributed by atoms with Crippen LogP contribution >= 0.6 is 0 Å². The lowest BCUT2D eigenvalue weighted by Gasteiger charge is -2.15. The van der Waals surface area contributed by atoms with Gasteiger partial charge in [-0.05, 0) is 31.6 Å². The Morgan fingerprint density at radius 1 is 1.32 bits per heavy atom. The van der Waals surface area contributed by atoms with Gasteiger partial charge in [0.15, 0.2) is 0 Å². The average molecular weight is 302 g/mol. The molecule has 3 rings (SSSR count). The molecule has 0 saturated carbocycles. The molecule has 0 spiro atoms. The fourth-order valence-corrected chi connectivity index (χ4v) is 2.99. The molecular formula is C17H18O5. The van der Waals surface area contributed by atoms with Gasteiger partial charge in [0.05, 0.1) is 6.26 Å². The fourth-order valence-electron chi connectivity index (χ4n) is 2.99. The number of hydrogen-bond donors (Lipinski definition) is 0. The van der Waals surface area contributed by atoms with E-state index in [2.05, 4.69) is 0 Å².